The maximum absolute atomic E-state index is 12.4. The third-order valence-electron chi connectivity index (χ3n) is 3.75. The third-order valence-corrected chi connectivity index (χ3v) is 6.67. The molecular weight excluding hydrogens is 428 g/mol. The van der Waals surface area contributed by atoms with Gasteiger partial charge in [0.2, 0.25) is 0 Å². The monoisotopic (exact) mass is 444 g/mol. The summed E-state index contributed by atoms with van der Waals surface area (Å²) >= 11 is 9.34. The second-order valence-electron chi connectivity index (χ2n) is 5.53. The topological polar surface area (TPSA) is 89.3 Å². The number of nitrogens with one attached hydrogen (secondary N) is 1. The van der Waals surface area contributed by atoms with Crippen molar-refractivity contribution in [3.05, 3.63) is 56.5 Å². The smallest absolute Gasteiger partial charge is 0.253 e. The molecule has 0 unspecified atom stereocenters. The van der Waals surface area contributed by atoms with E-state index < -0.39 is 15.7 Å². The van der Waals surface area contributed by atoms with Crippen LogP contribution >= 0.6 is 27.5 Å². The van der Waals surface area contributed by atoms with Gasteiger partial charge in [0.15, 0.2) is 9.84 Å². The largest absolute Gasteiger partial charge is 0.398 e. The van der Waals surface area contributed by atoms with Gasteiger partial charge in [0.05, 0.1) is 16.2 Å². The second-order valence-corrected chi connectivity index (χ2v) is 9.06. The average Bonchev–Trinajstić information content (AvgIpc) is 2.55. The Morgan fingerprint density at radius 3 is 2.60 bits per heavy atom. The highest BCUT2D eigenvalue weighted by molar-refractivity contribution is 9.10. The quantitative estimate of drug-likeness (QED) is 0.687. The van der Waals surface area contributed by atoms with E-state index >= 15 is 0 Å². The molecule has 8 heteroatoms. The fourth-order valence-electron chi connectivity index (χ4n) is 2.32. The number of carbonyl (C=O) groups excluding carboxylic acids is 1. The Balaban J connectivity index is 2.29. The first kappa shape index (κ1) is 19.8. The lowest BCUT2D eigenvalue weighted by molar-refractivity contribution is 0.0951. The first-order valence-corrected chi connectivity index (χ1v) is 10.3. The number of benzene rings is 2. The summed E-state index contributed by atoms with van der Waals surface area (Å²) in [5, 5.41) is 3.10. The van der Waals surface area contributed by atoms with Gasteiger partial charge in [-0.25, -0.2) is 8.42 Å². The summed E-state index contributed by atoms with van der Waals surface area (Å²) in [4.78, 5) is 12.6. The zero-order valence-corrected chi connectivity index (χ0v) is 16.9. The predicted octanol–water partition coefficient (Wildman–Crippen LogP) is 3.72. The maximum atomic E-state index is 12.4. The molecule has 0 aliphatic carbocycles. The van der Waals surface area contributed by atoms with Crippen LogP contribution in [0.5, 0.6) is 0 Å². The van der Waals surface area contributed by atoms with Crippen molar-refractivity contribution in [2.75, 3.05) is 11.5 Å². The maximum Gasteiger partial charge on any atom is 0.253 e. The Labute approximate surface area is 160 Å². The molecular formula is C17H18BrClN2O3S. The van der Waals surface area contributed by atoms with Crippen molar-refractivity contribution >= 4 is 49.0 Å². The molecule has 0 radical (unpaired) electrons. The number of nitrogens with two attached hydrogens (primary N) is 1. The van der Waals surface area contributed by atoms with Gasteiger partial charge in [0, 0.05) is 21.7 Å². The Morgan fingerprint density at radius 2 is 1.96 bits per heavy atom. The summed E-state index contributed by atoms with van der Waals surface area (Å²) < 4.78 is 25.2. The number of hydrogen-bond donors (Lipinski definition) is 2. The summed E-state index contributed by atoms with van der Waals surface area (Å²) in [6.07, 6.45) is 0. The van der Waals surface area contributed by atoms with Crippen LogP contribution in [-0.4, -0.2) is 20.1 Å². The van der Waals surface area contributed by atoms with Crippen LogP contribution in [0.25, 0.3) is 0 Å². The number of hydrogen-bond acceptors (Lipinski definition) is 4. The molecule has 0 aliphatic rings. The second kappa shape index (κ2) is 7.76. The van der Waals surface area contributed by atoms with E-state index in [4.69, 9.17) is 17.3 Å². The molecule has 0 spiro atoms. The minimum absolute atomic E-state index is 0.0267. The lowest BCUT2D eigenvalue weighted by Gasteiger charge is -2.13. The molecule has 0 bridgehead atoms. The van der Waals surface area contributed by atoms with Crippen LogP contribution in [0.2, 0.25) is 5.02 Å². The van der Waals surface area contributed by atoms with Crippen LogP contribution in [0, 0.1) is 6.92 Å². The normalized spacial score (nSPS) is 11.4. The molecule has 0 fully saturated rings. The first-order chi connectivity index (χ1) is 11.7. The zero-order valence-electron chi connectivity index (χ0n) is 13.8. The van der Waals surface area contributed by atoms with Gasteiger partial charge in [0.25, 0.3) is 5.91 Å². The summed E-state index contributed by atoms with van der Waals surface area (Å²) in [6, 6.07) is 7.86. The van der Waals surface area contributed by atoms with Gasteiger partial charge in [-0.1, -0.05) is 34.5 Å². The lowest BCUT2D eigenvalue weighted by Crippen LogP contribution is -2.25. The van der Waals surface area contributed by atoms with Crippen molar-refractivity contribution in [1.29, 1.82) is 0 Å². The van der Waals surface area contributed by atoms with Crippen molar-refractivity contribution in [2.24, 2.45) is 0 Å². The number of anilines is 1. The molecule has 25 heavy (non-hydrogen) atoms. The molecule has 2 aromatic carbocycles. The molecule has 0 atom stereocenters. The average molecular weight is 446 g/mol. The van der Waals surface area contributed by atoms with Gasteiger partial charge in [-0.3, -0.25) is 4.79 Å². The lowest BCUT2D eigenvalue weighted by atomic mass is 10.1. The molecule has 5 nitrogen and oxygen atoms in total. The van der Waals surface area contributed by atoms with Crippen LogP contribution in [0.15, 0.2) is 39.7 Å². The highest BCUT2D eigenvalue weighted by Gasteiger charge is 2.18. The number of rotatable bonds is 5. The van der Waals surface area contributed by atoms with Crippen molar-refractivity contribution in [1.82, 2.24) is 5.32 Å². The molecule has 0 saturated carbocycles. The van der Waals surface area contributed by atoms with E-state index in [1.54, 1.807) is 25.1 Å². The fraction of sp³-hybridized carbons (Fsp3) is 0.235. The van der Waals surface area contributed by atoms with E-state index in [2.05, 4.69) is 21.2 Å². The van der Waals surface area contributed by atoms with Crippen molar-refractivity contribution < 1.29 is 13.2 Å². The number of halogens is 2. The van der Waals surface area contributed by atoms with Crippen molar-refractivity contribution in [3.8, 4) is 0 Å². The number of nitrogen functional groups attached to an aromatic ring is 1. The highest BCUT2D eigenvalue weighted by Crippen LogP contribution is 2.24. The Morgan fingerprint density at radius 1 is 1.28 bits per heavy atom. The zero-order chi connectivity index (χ0) is 18.8. The van der Waals surface area contributed by atoms with Gasteiger partial charge in [-0.15, -0.1) is 0 Å². The fourth-order valence-corrected chi connectivity index (χ4v) is 3.97. The number of aryl methyl sites for hydroxylation is 1. The minimum atomic E-state index is -3.42. The molecule has 0 saturated heterocycles. The number of carbonyl (C=O) groups is 1. The van der Waals surface area contributed by atoms with E-state index in [-0.39, 0.29) is 17.2 Å². The minimum Gasteiger partial charge on any atom is -0.398 e. The van der Waals surface area contributed by atoms with Crippen LogP contribution in [-0.2, 0) is 16.4 Å². The van der Waals surface area contributed by atoms with Gasteiger partial charge < -0.3 is 11.1 Å². The first-order valence-electron chi connectivity index (χ1n) is 7.50. The Kier molecular flexibility index (Phi) is 6.13. The summed E-state index contributed by atoms with van der Waals surface area (Å²) in [5.74, 6) is -0.425. The SMILES string of the molecule is CCS(=O)(=O)c1ccc(Cl)cc1CNC(=O)c1cc(Br)c(C)cc1N. The van der Waals surface area contributed by atoms with Crippen molar-refractivity contribution in [3.63, 3.8) is 0 Å². The van der Waals surface area contributed by atoms with E-state index in [1.807, 2.05) is 6.92 Å². The summed E-state index contributed by atoms with van der Waals surface area (Å²) in [6.45, 7) is 3.46. The van der Waals surface area contributed by atoms with Crippen LogP contribution < -0.4 is 11.1 Å². The molecule has 2 rings (SSSR count). The Hall–Kier alpha value is -1.57. The molecule has 134 valence electrons. The molecule has 1 amide bonds. The van der Waals surface area contributed by atoms with Crippen LogP contribution in [0.1, 0.15) is 28.4 Å². The van der Waals surface area contributed by atoms with Crippen LogP contribution in [0.3, 0.4) is 0 Å². The Bertz CT molecular complexity index is 930. The van der Waals surface area contributed by atoms with E-state index in [1.165, 1.54) is 12.1 Å². The predicted molar refractivity (Wildman–Crippen MR) is 104 cm³/mol. The highest BCUT2D eigenvalue weighted by atomic mass is 79.9. The van der Waals surface area contributed by atoms with E-state index in [0.29, 0.717) is 21.8 Å². The van der Waals surface area contributed by atoms with Gasteiger partial charge in [-0.05, 0) is 48.4 Å². The third kappa shape index (κ3) is 4.54. The van der Waals surface area contributed by atoms with Crippen LogP contribution in [0.4, 0.5) is 5.69 Å². The molecule has 0 heterocycles. The number of sulfone groups is 1. The molecule has 0 aromatic heterocycles. The summed E-state index contributed by atoms with van der Waals surface area (Å²) in [7, 11) is -3.42. The van der Waals surface area contributed by atoms with Gasteiger partial charge >= 0.3 is 0 Å². The molecule has 0 aliphatic heterocycles. The standard InChI is InChI=1S/C17H18BrClN2O3S/c1-3-25(23,24)16-5-4-12(19)7-11(16)9-21-17(22)13-8-14(18)10(2)6-15(13)20/h4-8H,3,9,20H2,1-2H3,(H,21,22). The molecule has 2 aromatic rings. The van der Waals surface area contributed by atoms with E-state index in [9.17, 15) is 13.2 Å². The summed E-state index contributed by atoms with van der Waals surface area (Å²) in [5.41, 5.74) is 7.93. The van der Waals surface area contributed by atoms with Crippen molar-refractivity contribution in [2.45, 2.75) is 25.3 Å². The van der Waals surface area contributed by atoms with Gasteiger partial charge in [0.1, 0.15) is 0 Å². The van der Waals surface area contributed by atoms with E-state index in [0.717, 1.165) is 10.0 Å². The van der Waals surface area contributed by atoms with Gasteiger partial charge in [-0.2, -0.15) is 0 Å². The number of amides is 1. The molecule has 3 N–H and O–H groups in total.